The van der Waals surface area contributed by atoms with Crippen molar-refractivity contribution in [3.8, 4) is 34.1 Å². The van der Waals surface area contributed by atoms with E-state index in [0.717, 1.165) is 48.5 Å². The number of fused-ring (bicyclic) bond motifs is 2. The quantitative estimate of drug-likeness (QED) is 0.0184. The van der Waals surface area contributed by atoms with Crippen LogP contribution in [0.15, 0.2) is 80.2 Å². The van der Waals surface area contributed by atoms with Crippen LogP contribution in [-0.4, -0.2) is 112 Å². The van der Waals surface area contributed by atoms with E-state index in [4.69, 9.17) is 45.2 Å². The molecule has 80 heavy (non-hydrogen) atoms. The Kier molecular flexibility index (Phi) is 21.1. The third-order valence-electron chi connectivity index (χ3n) is 11.0. The Morgan fingerprint density at radius 3 is 1.06 bits per heavy atom. The SMILES string of the molecule is CCOCCOS(=O)(=O)c1ccc2c(Oc3c(F)c(F)c(-c4c(F)c(F)c(Oc5cc(S(=O)(=O)OC(C)COCC)cc6cc(S(=O)(=O)OC(C)COCC)ccc56)c(F)c4F)c(F)c3F)cc(S(=O)(=O)OCCOCC)cc2c1. The highest BCUT2D eigenvalue weighted by atomic mass is 32.2. The summed E-state index contributed by atoms with van der Waals surface area (Å²) in [6.07, 6.45) is -2.22. The number of ether oxygens (including phenoxy) is 6. The molecule has 0 aromatic heterocycles. The molecule has 0 radical (unpaired) electrons. The van der Waals surface area contributed by atoms with Gasteiger partial charge in [-0.1, -0.05) is 0 Å². The first-order valence-corrected chi connectivity index (χ1v) is 29.5. The first kappa shape index (κ1) is 63.5. The van der Waals surface area contributed by atoms with Crippen LogP contribution in [0.1, 0.15) is 41.5 Å². The standard InChI is InChI=1S/C50H50F8O18S4/c1-7-67-15-17-71-77(59,60)31-11-13-35-29(19-31)21-33(78(61,62)72-18-16-68-8-2)23-37(35)73-49-45(55)41(51)39(42(52)46(49)56)40-43(53)47(57)50(48(58)44(40)54)74-38-24-34(80(65,66)76-28(6)26-70-10-4)22-30-20-32(12-14-36(30)38)79(63,64)75-27(5)25-69-9-3/h11-14,19-24,27-28H,7-10,15-18,25-26H2,1-6H3. The van der Waals surface area contributed by atoms with Crippen LogP contribution >= 0.6 is 0 Å². The molecule has 2 unspecified atom stereocenters. The third kappa shape index (κ3) is 14.3. The predicted molar refractivity (Wildman–Crippen MR) is 267 cm³/mol. The van der Waals surface area contributed by atoms with Crippen molar-refractivity contribution in [3.05, 3.63) is 107 Å². The average Bonchev–Trinajstić information content (AvgIpc) is 3.62. The Morgan fingerprint density at radius 1 is 0.388 bits per heavy atom. The molecule has 0 N–H and O–H groups in total. The lowest BCUT2D eigenvalue weighted by Gasteiger charge is -2.18. The molecule has 0 amide bonds. The highest BCUT2D eigenvalue weighted by molar-refractivity contribution is 7.87. The van der Waals surface area contributed by atoms with Crippen molar-refractivity contribution in [1.29, 1.82) is 0 Å². The molecule has 0 spiro atoms. The minimum atomic E-state index is -4.96. The number of hydrogen-bond donors (Lipinski definition) is 0. The molecule has 30 heteroatoms. The zero-order chi connectivity index (χ0) is 59.1. The van der Waals surface area contributed by atoms with Crippen LogP contribution < -0.4 is 9.47 Å². The van der Waals surface area contributed by atoms with Gasteiger partial charge in [0.15, 0.2) is 23.3 Å². The number of rotatable bonds is 29. The van der Waals surface area contributed by atoms with Gasteiger partial charge in [-0.05, 0) is 101 Å². The van der Waals surface area contributed by atoms with Crippen LogP contribution in [0.5, 0.6) is 23.0 Å². The highest BCUT2D eigenvalue weighted by Crippen LogP contribution is 2.46. The molecular formula is C50H50F8O18S4. The first-order chi connectivity index (χ1) is 37.6. The van der Waals surface area contributed by atoms with Gasteiger partial charge in [0, 0.05) is 49.3 Å². The van der Waals surface area contributed by atoms with Crippen LogP contribution in [0.3, 0.4) is 0 Å². The van der Waals surface area contributed by atoms with E-state index >= 15 is 35.1 Å². The summed E-state index contributed by atoms with van der Waals surface area (Å²) < 4.78 is 287. The van der Waals surface area contributed by atoms with Gasteiger partial charge in [-0.15, -0.1) is 0 Å². The summed E-state index contributed by atoms with van der Waals surface area (Å²) in [4.78, 5) is -2.97. The minimum absolute atomic E-state index is 0.138. The summed E-state index contributed by atoms with van der Waals surface area (Å²) in [5, 5.41) is -1.53. The molecular weight excluding hydrogens is 1170 g/mol. The van der Waals surface area contributed by atoms with E-state index in [1.54, 1.807) is 27.7 Å². The smallest absolute Gasteiger partial charge is 0.297 e. The number of benzene rings is 6. The highest BCUT2D eigenvalue weighted by Gasteiger charge is 2.37. The molecule has 18 nitrogen and oxygen atoms in total. The fourth-order valence-corrected chi connectivity index (χ4v) is 11.5. The number of halogens is 8. The van der Waals surface area contributed by atoms with Gasteiger partial charge in [0.2, 0.25) is 34.8 Å². The average molecular weight is 1220 g/mol. The summed E-state index contributed by atoms with van der Waals surface area (Å²) in [5.41, 5.74) is -4.78. The van der Waals surface area contributed by atoms with Crippen molar-refractivity contribution in [2.75, 3.05) is 66.1 Å². The van der Waals surface area contributed by atoms with Gasteiger partial charge in [0.05, 0.1) is 82.6 Å². The van der Waals surface area contributed by atoms with Gasteiger partial charge < -0.3 is 28.4 Å². The molecule has 0 heterocycles. The maximum absolute atomic E-state index is 16.2. The van der Waals surface area contributed by atoms with E-state index in [1.165, 1.54) is 13.8 Å². The molecule has 6 aromatic carbocycles. The molecule has 0 saturated carbocycles. The second kappa shape index (κ2) is 26.5. The predicted octanol–water partition coefficient (Wildman–Crippen LogP) is 10.1. The normalized spacial score (nSPS) is 13.3. The molecule has 0 bridgehead atoms. The van der Waals surface area contributed by atoms with Gasteiger partial charge in [-0.3, -0.25) is 16.7 Å². The molecule has 0 fully saturated rings. The molecule has 0 saturated heterocycles. The van der Waals surface area contributed by atoms with Crippen molar-refractivity contribution in [2.24, 2.45) is 0 Å². The Balaban J connectivity index is 1.46. The Morgan fingerprint density at radius 2 is 0.700 bits per heavy atom. The van der Waals surface area contributed by atoms with Gasteiger partial charge in [0.25, 0.3) is 40.5 Å². The van der Waals surface area contributed by atoms with Crippen molar-refractivity contribution in [2.45, 2.75) is 73.3 Å². The third-order valence-corrected chi connectivity index (χ3v) is 16.4. The van der Waals surface area contributed by atoms with Crippen LogP contribution in [0.25, 0.3) is 32.7 Å². The van der Waals surface area contributed by atoms with Crippen molar-refractivity contribution in [1.82, 2.24) is 0 Å². The molecule has 6 rings (SSSR count). The molecule has 6 aromatic rings. The number of hydrogen-bond acceptors (Lipinski definition) is 18. The van der Waals surface area contributed by atoms with Gasteiger partial charge in [-0.25, -0.2) is 17.6 Å². The monoisotopic (exact) mass is 1220 g/mol. The van der Waals surface area contributed by atoms with E-state index in [2.05, 4.69) is 0 Å². The van der Waals surface area contributed by atoms with Crippen molar-refractivity contribution >= 4 is 62.0 Å². The second-order valence-electron chi connectivity index (χ2n) is 16.7. The summed E-state index contributed by atoms with van der Waals surface area (Å²) in [7, 11) is -19.1. The maximum Gasteiger partial charge on any atom is 0.297 e. The topological polar surface area (TPSA) is 229 Å². The van der Waals surface area contributed by atoms with Crippen LogP contribution in [0.2, 0.25) is 0 Å². The lowest BCUT2D eigenvalue weighted by atomic mass is 10.0. The van der Waals surface area contributed by atoms with Gasteiger partial charge in [0.1, 0.15) is 11.5 Å². The van der Waals surface area contributed by atoms with Crippen LogP contribution in [-0.2, 0) is 76.2 Å². The van der Waals surface area contributed by atoms with E-state index in [1.807, 2.05) is 0 Å². The summed E-state index contributed by atoms with van der Waals surface area (Å²) in [5.74, 6) is -27.5. The molecule has 0 aliphatic rings. The summed E-state index contributed by atoms with van der Waals surface area (Å²) >= 11 is 0. The van der Waals surface area contributed by atoms with Crippen molar-refractivity contribution in [3.63, 3.8) is 0 Å². The zero-order valence-electron chi connectivity index (χ0n) is 43.0. The van der Waals surface area contributed by atoms with Gasteiger partial charge in [-0.2, -0.15) is 51.2 Å². The molecule has 0 aliphatic heterocycles. The van der Waals surface area contributed by atoms with E-state index in [9.17, 15) is 33.7 Å². The van der Waals surface area contributed by atoms with Crippen molar-refractivity contribution < 1.29 is 114 Å². The molecule has 2 atom stereocenters. The first-order valence-electron chi connectivity index (χ1n) is 23.8. The fraction of sp³-hybridized carbons (Fsp3) is 0.360. The van der Waals surface area contributed by atoms with Gasteiger partial charge >= 0.3 is 0 Å². The summed E-state index contributed by atoms with van der Waals surface area (Å²) in [6.45, 7) is 7.90. The Bertz CT molecular complexity index is 3670. The lowest BCUT2D eigenvalue weighted by Crippen LogP contribution is -2.21. The van der Waals surface area contributed by atoms with E-state index in [-0.39, 0.29) is 74.4 Å². The Hall–Kier alpha value is -5.64. The minimum Gasteiger partial charge on any atom is -0.450 e. The molecule has 0 aliphatic carbocycles. The largest absolute Gasteiger partial charge is 0.450 e. The van der Waals surface area contributed by atoms with E-state index in [0.29, 0.717) is 12.1 Å². The van der Waals surface area contributed by atoms with Crippen LogP contribution in [0.4, 0.5) is 35.1 Å². The fourth-order valence-electron chi connectivity index (χ4n) is 7.40. The maximum atomic E-state index is 16.2. The molecule has 438 valence electrons. The van der Waals surface area contributed by atoms with E-state index < -0.39 is 166 Å². The second-order valence-corrected chi connectivity index (χ2v) is 23.1. The lowest BCUT2D eigenvalue weighted by molar-refractivity contribution is 0.0689. The Labute approximate surface area is 454 Å². The zero-order valence-corrected chi connectivity index (χ0v) is 46.3. The summed E-state index contributed by atoms with van der Waals surface area (Å²) in [6, 6.07) is 8.11. The van der Waals surface area contributed by atoms with Crippen LogP contribution in [0, 0.1) is 46.5 Å².